The molecule has 0 amide bonds. The normalized spacial score (nSPS) is 19.3. The van der Waals surface area contributed by atoms with Crippen molar-refractivity contribution in [2.24, 2.45) is 16.8 Å². The second kappa shape index (κ2) is 11.6. The van der Waals surface area contributed by atoms with Gasteiger partial charge in [-0.3, -0.25) is 4.99 Å². The second-order valence-corrected chi connectivity index (χ2v) is 8.74. The van der Waals surface area contributed by atoms with E-state index in [0.29, 0.717) is 17.4 Å². The topological polar surface area (TPSA) is 37.3 Å². The number of pyridine rings is 1. The summed E-state index contributed by atoms with van der Waals surface area (Å²) in [6, 6.07) is 12.2. The van der Waals surface area contributed by atoms with E-state index in [1.165, 1.54) is 42.2 Å². The van der Waals surface area contributed by atoms with Gasteiger partial charge in [0.1, 0.15) is 0 Å². The molecule has 0 spiro atoms. The summed E-state index contributed by atoms with van der Waals surface area (Å²) in [5.41, 5.74) is 5.70. The van der Waals surface area contributed by atoms with Crippen molar-refractivity contribution in [2.45, 2.75) is 45.6 Å². The smallest absolute Gasteiger partial charge is 0.216 e. The number of allylic oxidation sites excluding steroid dienone is 3. The Kier molecular flexibility index (Phi) is 8.55. The van der Waals surface area contributed by atoms with E-state index in [9.17, 15) is 4.39 Å². The van der Waals surface area contributed by atoms with Crippen LogP contribution in [0, 0.1) is 17.8 Å². The van der Waals surface area contributed by atoms with Gasteiger partial charge in [0.15, 0.2) is 0 Å². The first-order chi connectivity index (χ1) is 15.5. The van der Waals surface area contributed by atoms with E-state index >= 15 is 0 Å². The molecule has 1 aliphatic carbocycles. The van der Waals surface area contributed by atoms with Gasteiger partial charge < -0.3 is 5.32 Å². The van der Waals surface area contributed by atoms with E-state index in [0.717, 1.165) is 18.8 Å². The fourth-order valence-corrected chi connectivity index (χ4v) is 4.29. The van der Waals surface area contributed by atoms with Crippen LogP contribution in [-0.2, 0) is 6.54 Å². The number of nitrogens with one attached hydrogen (secondary N) is 1. The Morgan fingerprint density at radius 2 is 2.09 bits per heavy atom. The van der Waals surface area contributed by atoms with Crippen LogP contribution < -0.4 is 5.32 Å². The van der Waals surface area contributed by atoms with Crippen molar-refractivity contribution in [1.82, 2.24) is 10.3 Å². The summed E-state index contributed by atoms with van der Waals surface area (Å²) in [5, 5.41) is 3.53. The molecule has 1 N–H and O–H groups in total. The molecule has 0 radical (unpaired) electrons. The van der Waals surface area contributed by atoms with Crippen LogP contribution in [0.3, 0.4) is 0 Å². The molecule has 2 aromatic rings. The molecule has 2 atom stereocenters. The summed E-state index contributed by atoms with van der Waals surface area (Å²) >= 11 is 0. The van der Waals surface area contributed by atoms with Crippen molar-refractivity contribution in [3.05, 3.63) is 96.2 Å². The zero-order valence-electron chi connectivity index (χ0n) is 19.2. The molecule has 1 aromatic heterocycles. The molecular weight excluding hydrogens is 397 g/mol. The monoisotopic (exact) mass is 431 g/mol. The van der Waals surface area contributed by atoms with E-state index in [4.69, 9.17) is 0 Å². The number of benzene rings is 1. The van der Waals surface area contributed by atoms with E-state index in [2.05, 4.69) is 64.9 Å². The summed E-state index contributed by atoms with van der Waals surface area (Å²) in [4.78, 5) is 7.79. The number of aromatic nitrogens is 1. The summed E-state index contributed by atoms with van der Waals surface area (Å²) in [6.45, 7) is 13.7. The average molecular weight is 432 g/mol. The molecule has 1 aliphatic heterocycles. The minimum Gasteiger partial charge on any atom is -0.384 e. The number of rotatable bonds is 7. The number of hydrogen-bond acceptors (Lipinski definition) is 3. The molecule has 3 nitrogen and oxygen atoms in total. The largest absolute Gasteiger partial charge is 0.384 e. The second-order valence-electron chi connectivity index (χ2n) is 8.74. The molecule has 0 bridgehead atoms. The third-order valence-electron chi connectivity index (χ3n) is 6.19. The number of hydrogen-bond donors (Lipinski definition) is 1. The molecule has 1 fully saturated rings. The minimum absolute atomic E-state index is 0.216. The van der Waals surface area contributed by atoms with Crippen LogP contribution >= 0.6 is 0 Å². The third kappa shape index (κ3) is 6.25. The van der Waals surface area contributed by atoms with Gasteiger partial charge in [0, 0.05) is 36.1 Å². The van der Waals surface area contributed by atoms with Crippen LogP contribution in [-0.4, -0.2) is 17.7 Å². The van der Waals surface area contributed by atoms with Crippen LogP contribution in [0.15, 0.2) is 78.6 Å². The third-order valence-corrected chi connectivity index (χ3v) is 6.19. The van der Waals surface area contributed by atoms with Crippen molar-refractivity contribution in [2.75, 3.05) is 6.54 Å². The van der Waals surface area contributed by atoms with Crippen molar-refractivity contribution in [3.63, 3.8) is 0 Å². The molecule has 0 saturated heterocycles. The van der Waals surface area contributed by atoms with Crippen molar-refractivity contribution in [1.29, 1.82) is 0 Å². The first-order valence-corrected chi connectivity index (χ1v) is 11.4. The van der Waals surface area contributed by atoms with Crippen LogP contribution in [0.4, 0.5) is 4.39 Å². The van der Waals surface area contributed by atoms with E-state index in [-0.39, 0.29) is 11.9 Å². The average Bonchev–Trinajstić information content (AvgIpc) is 3.50. The maximum Gasteiger partial charge on any atom is 0.216 e. The number of nitrogens with zero attached hydrogens (tertiary/aromatic N) is 2. The van der Waals surface area contributed by atoms with Crippen LogP contribution in [0.1, 0.15) is 55.7 Å². The Labute approximate surface area is 191 Å². The molecule has 2 heterocycles. The highest BCUT2D eigenvalue weighted by atomic mass is 19.1. The molecule has 168 valence electrons. The quantitative estimate of drug-likeness (QED) is 0.391. The summed E-state index contributed by atoms with van der Waals surface area (Å²) in [7, 11) is 0. The van der Waals surface area contributed by atoms with Crippen LogP contribution in [0.25, 0.3) is 5.57 Å². The maximum atomic E-state index is 12.7. The number of aliphatic imine (C=N–C) groups is 1. The molecule has 4 heteroatoms. The molecular formula is C28H34FN3. The fraction of sp³-hybridized carbons (Fsp3) is 0.357. The fourth-order valence-electron chi connectivity index (χ4n) is 4.29. The van der Waals surface area contributed by atoms with Gasteiger partial charge in [0.2, 0.25) is 5.95 Å². The van der Waals surface area contributed by atoms with Gasteiger partial charge in [-0.25, -0.2) is 4.98 Å². The van der Waals surface area contributed by atoms with Crippen LogP contribution in [0.5, 0.6) is 0 Å². The highest BCUT2D eigenvalue weighted by molar-refractivity contribution is 5.89. The predicted octanol–water partition coefficient (Wildman–Crippen LogP) is 6.70. The van der Waals surface area contributed by atoms with Gasteiger partial charge in [-0.1, -0.05) is 57.2 Å². The van der Waals surface area contributed by atoms with E-state index < -0.39 is 0 Å². The lowest BCUT2D eigenvalue weighted by Crippen LogP contribution is -2.21. The first kappa shape index (κ1) is 23.6. The summed E-state index contributed by atoms with van der Waals surface area (Å²) < 4.78 is 12.7. The Morgan fingerprint density at radius 3 is 2.75 bits per heavy atom. The van der Waals surface area contributed by atoms with Crippen molar-refractivity contribution < 1.29 is 4.39 Å². The lowest BCUT2D eigenvalue weighted by Gasteiger charge is -2.20. The SMILES string of the molecule is C=CC1CCCC1C(=C)NCc1cccc(C2=CC=NC2)c1.CC(C)c1cccnc1F. The number of halogens is 1. The minimum atomic E-state index is -0.350. The summed E-state index contributed by atoms with van der Waals surface area (Å²) in [6.07, 6.45) is 11.3. The first-order valence-electron chi connectivity index (χ1n) is 11.4. The standard InChI is InChI=1S/C20H24N2.C8H10FN/c1-3-17-7-5-9-20(17)15(2)22-13-16-6-4-8-18(12-16)19-10-11-21-14-19;1-6(2)7-4-3-5-10-8(7)9/h3-4,6,8,10-12,17,20,22H,1-2,5,7,9,13-14H2;3-6H,1-2H3. The molecule has 2 aliphatic rings. The van der Waals surface area contributed by atoms with Gasteiger partial charge in [-0.05, 0) is 59.6 Å². The molecule has 1 saturated carbocycles. The Morgan fingerprint density at radius 1 is 1.25 bits per heavy atom. The van der Waals surface area contributed by atoms with Crippen molar-refractivity contribution in [3.8, 4) is 0 Å². The molecule has 32 heavy (non-hydrogen) atoms. The van der Waals surface area contributed by atoms with Gasteiger partial charge in [-0.2, -0.15) is 4.39 Å². The lowest BCUT2D eigenvalue weighted by atomic mass is 9.93. The highest BCUT2D eigenvalue weighted by Gasteiger charge is 2.26. The Balaban J connectivity index is 0.000000243. The van der Waals surface area contributed by atoms with Gasteiger partial charge in [0.25, 0.3) is 0 Å². The zero-order chi connectivity index (χ0) is 22.9. The molecule has 1 aromatic carbocycles. The zero-order valence-corrected chi connectivity index (χ0v) is 19.2. The molecule has 4 rings (SSSR count). The predicted molar refractivity (Wildman–Crippen MR) is 133 cm³/mol. The maximum absolute atomic E-state index is 12.7. The molecule has 2 unspecified atom stereocenters. The van der Waals surface area contributed by atoms with E-state index in [1.807, 2.05) is 20.1 Å². The lowest BCUT2D eigenvalue weighted by molar-refractivity contribution is 0.494. The van der Waals surface area contributed by atoms with Gasteiger partial charge >= 0.3 is 0 Å². The van der Waals surface area contributed by atoms with E-state index in [1.54, 1.807) is 12.1 Å². The van der Waals surface area contributed by atoms with Gasteiger partial charge in [0.05, 0.1) is 6.54 Å². The Bertz CT molecular complexity index is 990. The highest BCUT2D eigenvalue weighted by Crippen LogP contribution is 2.36. The van der Waals surface area contributed by atoms with Crippen molar-refractivity contribution >= 4 is 11.8 Å². The van der Waals surface area contributed by atoms with Gasteiger partial charge in [-0.15, -0.1) is 6.58 Å². The Hall–Kier alpha value is -3.01. The summed E-state index contributed by atoms with van der Waals surface area (Å²) in [5.74, 6) is 1.00. The van der Waals surface area contributed by atoms with Crippen LogP contribution in [0.2, 0.25) is 0 Å².